The van der Waals surface area contributed by atoms with E-state index in [9.17, 15) is 4.79 Å². The van der Waals surface area contributed by atoms with E-state index in [1.807, 2.05) is 12.1 Å². The molecule has 1 amide bonds. The van der Waals surface area contributed by atoms with Crippen molar-refractivity contribution in [1.82, 2.24) is 20.4 Å². The Morgan fingerprint density at radius 1 is 1.21 bits per heavy atom. The number of amides is 1. The summed E-state index contributed by atoms with van der Waals surface area (Å²) in [6.07, 6.45) is 8.06. The zero-order valence-electron chi connectivity index (χ0n) is 17.2. The second-order valence-corrected chi connectivity index (χ2v) is 8.62. The fraction of sp³-hybridized carbons (Fsp3) is 0.565. The van der Waals surface area contributed by atoms with Gasteiger partial charge in [0.15, 0.2) is 0 Å². The first-order chi connectivity index (χ1) is 14.3. The van der Waals surface area contributed by atoms with Gasteiger partial charge >= 0.3 is 0 Å². The summed E-state index contributed by atoms with van der Waals surface area (Å²) >= 11 is 0. The molecule has 154 valence electrons. The zero-order valence-corrected chi connectivity index (χ0v) is 17.2. The lowest BCUT2D eigenvalue weighted by molar-refractivity contribution is 0.0575. The van der Waals surface area contributed by atoms with E-state index in [-0.39, 0.29) is 5.91 Å². The van der Waals surface area contributed by atoms with Gasteiger partial charge in [0.2, 0.25) is 0 Å². The highest BCUT2D eigenvalue weighted by atomic mass is 16.5. The van der Waals surface area contributed by atoms with Gasteiger partial charge in [0.05, 0.1) is 12.8 Å². The number of nitrogens with zero attached hydrogens (tertiary/aromatic N) is 2. The third kappa shape index (κ3) is 3.33. The SMILES string of the molecule is COc1cccc2c1CCc1c-2n[nH]c1C(=O)NC[C@@H]1CCCN2CCCC[C@@H]12. The number of piperidine rings is 2. The number of hydrogen-bond acceptors (Lipinski definition) is 4. The van der Waals surface area contributed by atoms with Crippen LogP contribution in [-0.4, -0.2) is 53.8 Å². The Morgan fingerprint density at radius 2 is 2.07 bits per heavy atom. The Kier molecular flexibility index (Phi) is 5.04. The Bertz CT molecular complexity index is 904. The number of carbonyl (C=O) groups is 1. The predicted molar refractivity (Wildman–Crippen MR) is 112 cm³/mol. The lowest BCUT2D eigenvalue weighted by atomic mass is 9.83. The van der Waals surface area contributed by atoms with E-state index in [1.54, 1.807) is 7.11 Å². The van der Waals surface area contributed by atoms with Crippen LogP contribution in [-0.2, 0) is 12.8 Å². The Hall–Kier alpha value is -2.34. The van der Waals surface area contributed by atoms with Crippen molar-refractivity contribution in [3.05, 3.63) is 35.0 Å². The number of hydrogen-bond donors (Lipinski definition) is 2. The number of rotatable bonds is 4. The van der Waals surface area contributed by atoms with Gasteiger partial charge in [0.25, 0.3) is 5.91 Å². The molecule has 3 aliphatic rings. The minimum atomic E-state index is -0.0157. The lowest BCUT2D eigenvalue weighted by Gasteiger charge is -2.44. The molecule has 2 aliphatic heterocycles. The van der Waals surface area contributed by atoms with E-state index in [0.717, 1.165) is 42.0 Å². The molecule has 3 heterocycles. The average molecular weight is 395 g/mol. The van der Waals surface area contributed by atoms with Crippen LogP contribution in [0.4, 0.5) is 0 Å². The number of nitrogens with one attached hydrogen (secondary N) is 2. The highest BCUT2D eigenvalue weighted by molar-refractivity contribution is 5.96. The number of carbonyl (C=O) groups excluding carboxylic acids is 1. The molecule has 0 bridgehead atoms. The fourth-order valence-corrected chi connectivity index (χ4v) is 5.63. The van der Waals surface area contributed by atoms with Crippen LogP contribution in [0.5, 0.6) is 5.75 Å². The molecule has 0 radical (unpaired) electrons. The van der Waals surface area contributed by atoms with Crippen LogP contribution in [0.2, 0.25) is 0 Å². The van der Waals surface area contributed by atoms with Crippen molar-refractivity contribution in [3.8, 4) is 17.0 Å². The van der Waals surface area contributed by atoms with E-state index in [0.29, 0.717) is 17.7 Å². The molecule has 6 heteroatoms. The molecular formula is C23H30N4O2. The normalized spacial score (nSPS) is 23.6. The third-order valence-corrected chi connectivity index (χ3v) is 7.08. The topological polar surface area (TPSA) is 70.2 Å². The fourth-order valence-electron chi connectivity index (χ4n) is 5.63. The maximum atomic E-state index is 13.0. The number of benzene rings is 1. The molecule has 1 aromatic carbocycles. The second-order valence-electron chi connectivity index (χ2n) is 8.62. The molecule has 2 saturated heterocycles. The van der Waals surface area contributed by atoms with Crippen molar-refractivity contribution in [2.45, 2.75) is 51.0 Å². The molecule has 2 aromatic rings. The van der Waals surface area contributed by atoms with Gasteiger partial charge in [-0.15, -0.1) is 0 Å². The van der Waals surface area contributed by atoms with E-state index < -0.39 is 0 Å². The summed E-state index contributed by atoms with van der Waals surface area (Å²) in [6, 6.07) is 6.69. The van der Waals surface area contributed by atoms with Gasteiger partial charge in [-0.2, -0.15) is 5.10 Å². The van der Waals surface area contributed by atoms with Crippen LogP contribution in [0.1, 0.15) is 53.7 Å². The van der Waals surface area contributed by atoms with Gasteiger partial charge in [0, 0.05) is 29.3 Å². The number of methoxy groups -OCH3 is 1. The van der Waals surface area contributed by atoms with Gasteiger partial charge in [-0.05, 0) is 63.6 Å². The number of ether oxygens (including phenoxy) is 1. The second kappa shape index (κ2) is 7.82. The van der Waals surface area contributed by atoms with Gasteiger partial charge in [0.1, 0.15) is 11.4 Å². The minimum Gasteiger partial charge on any atom is -0.496 e. The maximum absolute atomic E-state index is 13.0. The molecule has 2 N–H and O–H groups in total. The van der Waals surface area contributed by atoms with Crippen molar-refractivity contribution < 1.29 is 9.53 Å². The van der Waals surface area contributed by atoms with Gasteiger partial charge < -0.3 is 15.0 Å². The number of aromatic nitrogens is 2. The Morgan fingerprint density at radius 3 is 2.97 bits per heavy atom. The molecular weight excluding hydrogens is 364 g/mol. The quantitative estimate of drug-likeness (QED) is 0.836. The summed E-state index contributed by atoms with van der Waals surface area (Å²) in [4.78, 5) is 15.6. The molecule has 0 spiro atoms. The predicted octanol–water partition coefficient (Wildman–Crippen LogP) is 3.18. The number of aromatic amines is 1. The summed E-state index contributed by atoms with van der Waals surface area (Å²) in [5.74, 6) is 1.45. The maximum Gasteiger partial charge on any atom is 0.269 e. The van der Waals surface area contributed by atoms with E-state index in [1.165, 1.54) is 50.8 Å². The zero-order chi connectivity index (χ0) is 19.8. The van der Waals surface area contributed by atoms with Crippen molar-refractivity contribution in [2.24, 2.45) is 5.92 Å². The molecule has 29 heavy (non-hydrogen) atoms. The van der Waals surface area contributed by atoms with Crippen LogP contribution < -0.4 is 10.1 Å². The average Bonchev–Trinajstić information content (AvgIpc) is 3.21. The van der Waals surface area contributed by atoms with Crippen LogP contribution in [0, 0.1) is 5.92 Å². The highest BCUT2D eigenvalue weighted by Crippen LogP contribution is 2.38. The van der Waals surface area contributed by atoms with Crippen LogP contribution >= 0.6 is 0 Å². The monoisotopic (exact) mass is 394 g/mol. The van der Waals surface area contributed by atoms with Crippen molar-refractivity contribution in [1.29, 1.82) is 0 Å². The largest absolute Gasteiger partial charge is 0.496 e. The summed E-state index contributed by atoms with van der Waals surface area (Å²) in [6.45, 7) is 3.22. The smallest absolute Gasteiger partial charge is 0.269 e. The molecule has 2 atom stereocenters. The summed E-state index contributed by atoms with van der Waals surface area (Å²) < 4.78 is 5.51. The van der Waals surface area contributed by atoms with E-state index in [2.05, 4.69) is 26.5 Å². The standard InChI is InChI=1S/C23H30N4O2/c1-29-20-9-4-7-17-16(20)10-11-18-21(17)25-26-22(18)23(28)24-14-15-6-5-13-27-12-3-2-8-19(15)27/h4,7,9,15,19H,2-3,5-6,8,10-14H2,1H3,(H,24,28)(H,25,26)/t15-,19-/m0/s1. The summed E-state index contributed by atoms with van der Waals surface area (Å²) in [5.41, 5.74) is 4.81. The first-order valence-corrected chi connectivity index (χ1v) is 11.0. The van der Waals surface area contributed by atoms with Gasteiger partial charge in [-0.25, -0.2) is 0 Å². The Balaban J connectivity index is 1.31. The first kappa shape index (κ1) is 18.7. The summed E-state index contributed by atoms with van der Waals surface area (Å²) in [7, 11) is 1.70. The molecule has 1 aliphatic carbocycles. The lowest BCUT2D eigenvalue weighted by Crippen LogP contribution is -2.51. The van der Waals surface area contributed by atoms with Crippen molar-refractivity contribution >= 4 is 5.91 Å². The number of H-pyrrole nitrogens is 1. The van der Waals surface area contributed by atoms with Crippen LogP contribution in [0.25, 0.3) is 11.3 Å². The van der Waals surface area contributed by atoms with Gasteiger partial charge in [-0.1, -0.05) is 18.6 Å². The van der Waals surface area contributed by atoms with Crippen LogP contribution in [0.15, 0.2) is 18.2 Å². The number of fused-ring (bicyclic) bond motifs is 4. The van der Waals surface area contributed by atoms with Gasteiger partial charge in [-0.3, -0.25) is 9.89 Å². The molecule has 5 rings (SSSR count). The van der Waals surface area contributed by atoms with E-state index in [4.69, 9.17) is 4.74 Å². The minimum absolute atomic E-state index is 0.0157. The molecule has 2 fully saturated rings. The van der Waals surface area contributed by atoms with Crippen molar-refractivity contribution in [3.63, 3.8) is 0 Å². The van der Waals surface area contributed by atoms with Crippen LogP contribution in [0.3, 0.4) is 0 Å². The highest BCUT2D eigenvalue weighted by Gasteiger charge is 2.33. The molecule has 0 saturated carbocycles. The molecule has 0 unspecified atom stereocenters. The van der Waals surface area contributed by atoms with E-state index >= 15 is 0 Å². The molecule has 6 nitrogen and oxygen atoms in total. The Labute approximate surface area is 172 Å². The van der Waals surface area contributed by atoms with Crippen molar-refractivity contribution in [2.75, 3.05) is 26.7 Å². The first-order valence-electron chi connectivity index (χ1n) is 11.0. The summed E-state index contributed by atoms with van der Waals surface area (Å²) in [5, 5.41) is 10.8. The molecule has 1 aromatic heterocycles. The third-order valence-electron chi connectivity index (χ3n) is 7.08.